The maximum atomic E-state index is 17.2. The van der Waals surface area contributed by atoms with Crippen molar-refractivity contribution >= 4 is 30.9 Å². The first kappa shape index (κ1) is 33.6. The summed E-state index contributed by atoms with van der Waals surface area (Å²) in [5.41, 5.74) is -2.05. The van der Waals surface area contributed by atoms with Crippen molar-refractivity contribution in [3.8, 4) is 0 Å². The van der Waals surface area contributed by atoms with E-state index in [2.05, 4.69) is 0 Å². The van der Waals surface area contributed by atoms with E-state index in [0.717, 1.165) is 12.1 Å². The molecule has 2 aliphatic heterocycles. The molecule has 2 aliphatic carbocycles. The first-order valence-corrected chi connectivity index (χ1v) is 19.3. The summed E-state index contributed by atoms with van der Waals surface area (Å²) < 4.78 is 76.1. The van der Waals surface area contributed by atoms with E-state index in [9.17, 15) is 9.59 Å². The molecule has 0 bridgehead atoms. The first-order valence-electron chi connectivity index (χ1n) is 15.9. The second-order valence-corrected chi connectivity index (χ2v) is 19.5. The number of carbonyl (C=O) groups is 2. The van der Waals surface area contributed by atoms with Crippen molar-refractivity contribution < 1.29 is 53.2 Å². The summed E-state index contributed by atoms with van der Waals surface area (Å²) in [6.07, 6.45) is 13.8. The Balaban J connectivity index is 1.55. The summed E-state index contributed by atoms with van der Waals surface area (Å²) in [6.45, 7) is 8.44. The van der Waals surface area contributed by atoms with Crippen molar-refractivity contribution in [3.05, 3.63) is 96.1 Å². The molecule has 0 aromatic heterocycles. The Morgan fingerprint density at radius 2 is 1.04 bits per heavy atom. The Morgan fingerprint density at radius 1 is 0.681 bits per heavy atom. The van der Waals surface area contributed by atoms with Crippen LogP contribution in [-0.2, 0) is 35.7 Å². The van der Waals surface area contributed by atoms with Crippen molar-refractivity contribution in [2.45, 2.75) is 36.1 Å². The van der Waals surface area contributed by atoms with Gasteiger partial charge in [0.15, 0.2) is 0 Å². The summed E-state index contributed by atoms with van der Waals surface area (Å²) in [5.74, 6) is -4.65. The molecule has 0 spiro atoms. The van der Waals surface area contributed by atoms with Gasteiger partial charge >= 0.3 is 277 Å². The Labute approximate surface area is 275 Å². The van der Waals surface area contributed by atoms with E-state index < -0.39 is 59.1 Å². The third kappa shape index (κ3) is 5.19. The Hall–Kier alpha value is -3.31. The third-order valence-electron chi connectivity index (χ3n) is 9.88. The fourth-order valence-electron chi connectivity index (χ4n) is 7.45. The van der Waals surface area contributed by atoms with E-state index in [0.29, 0.717) is 13.2 Å². The van der Waals surface area contributed by atoms with Crippen molar-refractivity contribution in [1.29, 1.82) is 0 Å². The average Bonchev–Trinajstić information content (AvgIpc) is 3.80. The van der Waals surface area contributed by atoms with Crippen LogP contribution < -0.4 is 17.5 Å². The van der Waals surface area contributed by atoms with Gasteiger partial charge < -0.3 is 0 Å². The number of ether oxygens (including phenoxy) is 2. The van der Waals surface area contributed by atoms with Gasteiger partial charge in [-0.25, -0.2) is 0 Å². The molecular formula is C36H38F4N2O4Ti. The Morgan fingerprint density at radius 3 is 1.36 bits per heavy atom. The van der Waals surface area contributed by atoms with Gasteiger partial charge in [0.2, 0.25) is 0 Å². The van der Waals surface area contributed by atoms with Crippen LogP contribution in [0.4, 0.5) is 28.9 Å². The van der Waals surface area contributed by atoms with Gasteiger partial charge in [0.05, 0.1) is 0 Å². The molecule has 0 N–H and O–H groups in total. The van der Waals surface area contributed by atoms with E-state index in [1.54, 1.807) is 62.5 Å². The minimum absolute atomic E-state index is 0.135. The summed E-state index contributed by atoms with van der Waals surface area (Å²) in [5, 5.41) is 0. The predicted molar refractivity (Wildman–Crippen MR) is 170 cm³/mol. The molecule has 2 saturated heterocycles. The molecule has 2 fully saturated rings. The maximum absolute atomic E-state index is 17.2. The zero-order chi connectivity index (χ0) is 33.7. The van der Waals surface area contributed by atoms with E-state index >= 15 is 17.6 Å². The molecule has 2 unspecified atom stereocenters. The van der Waals surface area contributed by atoms with Crippen LogP contribution in [0.3, 0.4) is 0 Å². The van der Waals surface area contributed by atoms with Crippen molar-refractivity contribution in [1.82, 2.24) is 0 Å². The van der Waals surface area contributed by atoms with Crippen molar-refractivity contribution in [3.63, 3.8) is 0 Å². The van der Waals surface area contributed by atoms with E-state index in [-0.39, 0.29) is 57.2 Å². The number of anilines is 2. The van der Waals surface area contributed by atoms with Gasteiger partial charge in [-0.05, 0) is 0 Å². The predicted octanol–water partition coefficient (Wildman–Crippen LogP) is 5.96. The molecule has 6 nitrogen and oxygen atoms in total. The minimum atomic E-state index is -5.12. The van der Waals surface area contributed by atoms with Crippen LogP contribution in [0.5, 0.6) is 0 Å². The molecule has 2 aromatic rings. The van der Waals surface area contributed by atoms with E-state index in [1.165, 1.54) is 21.9 Å². The van der Waals surface area contributed by atoms with Gasteiger partial charge in [0, 0.05) is 0 Å². The molecule has 47 heavy (non-hydrogen) atoms. The average molecular weight is 687 g/mol. The number of nitrogens with zero attached hydrogens (tertiary/aromatic N) is 2. The monoisotopic (exact) mass is 686 g/mol. The molecule has 2 atom stereocenters. The summed E-state index contributed by atoms with van der Waals surface area (Å²) in [4.78, 5) is 29.2. The van der Waals surface area contributed by atoms with Crippen LogP contribution in [0.1, 0.15) is 27.7 Å². The van der Waals surface area contributed by atoms with Gasteiger partial charge in [-0.3, -0.25) is 0 Å². The van der Waals surface area contributed by atoms with Gasteiger partial charge in [0.25, 0.3) is 0 Å². The summed E-state index contributed by atoms with van der Waals surface area (Å²) in [7, 11) is 0. The zero-order valence-electron chi connectivity index (χ0n) is 26.9. The number of allylic oxidation sites excluding steroid dienone is 8. The standard InChI is InChI=1S/2C13H14F2NO2.2C5H5.Ti/c2*1-3-18-8-13(2)7-16(12(13)17)11-5-4-9(14)6-10(11)15;2*1-2-4-5-3-1;/h2*4-5H,3,7-8H2,1-2H3;2*1-5H;. The Bertz CT molecular complexity index is 1590. The fourth-order valence-corrected chi connectivity index (χ4v) is 16.2. The number of carbonyl (C=O) groups excluding carboxylic acids is 2. The topological polar surface area (TPSA) is 59.1 Å². The van der Waals surface area contributed by atoms with Crippen molar-refractivity contribution in [2.24, 2.45) is 10.8 Å². The fraction of sp³-hybridized carbons (Fsp3) is 0.389. The molecule has 0 saturated carbocycles. The molecule has 4 aliphatic rings. The quantitative estimate of drug-likeness (QED) is 0.157. The molecule has 0 radical (unpaired) electrons. The molecule has 248 valence electrons. The van der Waals surface area contributed by atoms with Gasteiger partial charge in [-0.2, -0.15) is 0 Å². The summed E-state index contributed by atoms with van der Waals surface area (Å²) >= 11 is -5.12. The first-order chi connectivity index (χ1) is 22.4. The third-order valence-corrected chi connectivity index (χ3v) is 18.4. The van der Waals surface area contributed by atoms with Crippen LogP contribution in [0.2, 0.25) is 8.45 Å². The van der Waals surface area contributed by atoms with Crippen molar-refractivity contribution in [2.75, 3.05) is 49.3 Å². The second kappa shape index (κ2) is 12.6. The molecule has 11 heteroatoms. The summed E-state index contributed by atoms with van der Waals surface area (Å²) in [6, 6.07) is 4.59. The number of benzene rings is 2. The second-order valence-electron chi connectivity index (χ2n) is 13.1. The van der Waals surface area contributed by atoms with Crippen LogP contribution in [0.25, 0.3) is 0 Å². The number of β-lactam (4-membered cyclic amide) rings is 2. The number of hydrogen-bond acceptors (Lipinski definition) is 4. The van der Waals surface area contributed by atoms with Crippen LogP contribution in [0, 0.1) is 34.1 Å². The number of rotatable bonds is 12. The number of amides is 2. The zero-order valence-corrected chi connectivity index (χ0v) is 28.4. The van der Waals surface area contributed by atoms with Gasteiger partial charge in [-0.1, -0.05) is 0 Å². The van der Waals surface area contributed by atoms with Crippen LogP contribution in [-0.4, -0.2) is 51.3 Å². The molecule has 2 aromatic carbocycles. The normalized spacial score (nSPS) is 24.2. The molecule has 2 heterocycles. The van der Waals surface area contributed by atoms with Gasteiger partial charge in [0.1, 0.15) is 0 Å². The molecular weight excluding hydrogens is 648 g/mol. The van der Waals surface area contributed by atoms with Gasteiger partial charge in [-0.15, -0.1) is 0 Å². The van der Waals surface area contributed by atoms with E-state index in [1.807, 2.05) is 13.8 Å². The SMILES string of the molecule is CCOCC1(C)CN(c2ccc(F)[c]([Ti]([c]3c(F)ccc(N4CC(C)(COCC)C4=O)c3F)([CH]3C=CC=C3)[CH]3C=CC=C3)c2F)C1=O. The van der Waals surface area contributed by atoms with Crippen LogP contribution in [0.15, 0.2) is 72.9 Å². The number of halogens is 4. The van der Waals surface area contributed by atoms with E-state index in [4.69, 9.17) is 9.47 Å². The molecule has 6 rings (SSSR count). The molecule has 2 amide bonds. The number of hydrogen-bond donors (Lipinski definition) is 0. The Kier molecular flexibility index (Phi) is 9.02. The van der Waals surface area contributed by atoms with Crippen LogP contribution >= 0.6 is 0 Å².